The summed E-state index contributed by atoms with van der Waals surface area (Å²) in [6, 6.07) is 2.73. The molecule has 20 heavy (non-hydrogen) atoms. The Morgan fingerprint density at radius 1 is 1.30 bits per heavy atom. The fraction of sp³-hybridized carbons (Fsp3) is 0.812. The van der Waals surface area contributed by atoms with Gasteiger partial charge in [-0.25, -0.2) is 0 Å². The van der Waals surface area contributed by atoms with Gasteiger partial charge in [-0.1, -0.05) is 13.8 Å². The molecule has 1 heterocycles. The van der Waals surface area contributed by atoms with Crippen LogP contribution in [0.4, 0.5) is 0 Å². The van der Waals surface area contributed by atoms with Gasteiger partial charge in [0, 0.05) is 37.9 Å². The molecule has 0 fully saturated rings. The SMILES string of the molecule is CCCNC(CCOCC)Cc1cc(CC)nn1CC. The van der Waals surface area contributed by atoms with E-state index in [-0.39, 0.29) is 0 Å². The molecule has 0 saturated heterocycles. The lowest BCUT2D eigenvalue weighted by Gasteiger charge is -2.19. The van der Waals surface area contributed by atoms with Gasteiger partial charge in [-0.05, 0) is 45.7 Å². The Morgan fingerprint density at radius 2 is 2.10 bits per heavy atom. The first-order valence-corrected chi connectivity index (χ1v) is 8.11. The minimum absolute atomic E-state index is 0.480. The van der Waals surface area contributed by atoms with E-state index in [4.69, 9.17) is 4.74 Å². The molecule has 1 N–H and O–H groups in total. The van der Waals surface area contributed by atoms with Gasteiger partial charge in [0.1, 0.15) is 0 Å². The Balaban J connectivity index is 2.63. The van der Waals surface area contributed by atoms with Gasteiger partial charge in [-0.15, -0.1) is 0 Å². The van der Waals surface area contributed by atoms with Gasteiger partial charge in [0.05, 0.1) is 5.69 Å². The van der Waals surface area contributed by atoms with Crippen LogP contribution in [0.2, 0.25) is 0 Å². The zero-order chi connectivity index (χ0) is 14.8. The van der Waals surface area contributed by atoms with E-state index in [9.17, 15) is 0 Å². The number of aromatic nitrogens is 2. The Kier molecular flexibility index (Phi) is 8.54. The van der Waals surface area contributed by atoms with Crippen LogP contribution in [-0.2, 0) is 24.1 Å². The summed E-state index contributed by atoms with van der Waals surface area (Å²) in [5.74, 6) is 0. The van der Waals surface area contributed by atoms with Crippen molar-refractivity contribution in [3.8, 4) is 0 Å². The van der Waals surface area contributed by atoms with E-state index < -0.39 is 0 Å². The lowest BCUT2D eigenvalue weighted by Crippen LogP contribution is -2.33. The molecule has 0 aliphatic carbocycles. The van der Waals surface area contributed by atoms with Crippen molar-refractivity contribution in [1.82, 2.24) is 15.1 Å². The topological polar surface area (TPSA) is 39.1 Å². The molecule has 0 bridgehead atoms. The summed E-state index contributed by atoms with van der Waals surface area (Å²) in [4.78, 5) is 0. The number of hydrogen-bond acceptors (Lipinski definition) is 3. The Morgan fingerprint density at radius 3 is 2.70 bits per heavy atom. The Hall–Kier alpha value is -0.870. The molecule has 1 unspecified atom stereocenters. The number of rotatable bonds is 11. The highest BCUT2D eigenvalue weighted by molar-refractivity contribution is 5.12. The van der Waals surface area contributed by atoms with Crippen LogP contribution >= 0.6 is 0 Å². The van der Waals surface area contributed by atoms with Crippen molar-refractivity contribution in [2.75, 3.05) is 19.8 Å². The highest BCUT2D eigenvalue weighted by atomic mass is 16.5. The summed E-state index contributed by atoms with van der Waals surface area (Å²) in [5.41, 5.74) is 2.54. The molecule has 1 aromatic rings. The fourth-order valence-electron chi connectivity index (χ4n) is 2.37. The van der Waals surface area contributed by atoms with E-state index in [1.54, 1.807) is 0 Å². The molecule has 0 amide bonds. The average molecular weight is 281 g/mol. The Bertz CT molecular complexity index is 363. The summed E-state index contributed by atoms with van der Waals surface area (Å²) in [5, 5.41) is 8.27. The van der Waals surface area contributed by atoms with Crippen LogP contribution in [0.3, 0.4) is 0 Å². The zero-order valence-corrected chi connectivity index (χ0v) is 13.6. The molecule has 116 valence electrons. The maximum atomic E-state index is 5.50. The molecular weight excluding hydrogens is 250 g/mol. The fourth-order valence-corrected chi connectivity index (χ4v) is 2.37. The van der Waals surface area contributed by atoms with E-state index in [1.165, 1.54) is 17.8 Å². The standard InChI is InChI=1S/C16H31N3O/c1-5-10-17-15(9-11-20-8-4)13-16-12-14(6-2)18-19(16)7-3/h12,15,17H,5-11,13H2,1-4H3. The number of hydrogen-bond donors (Lipinski definition) is 1. The van der Waals surface area contributed by atoms with Gasteiger partial charge in [0.2, 0.25) is 0 Å². The summed E-state index contributed by atoms with van der Waals surface area (Å²) in [6.07, 6.45) is 4.27. The van der Waals surface area contributed by atoms with Crippen LogP contribution in [0.5, 0.6) is 0 Å². The number of ether oxygens (including phenoxy) is 1. The number of nitrogens with one attached hydrogen (secondary N) is 1. The van der Waals surface area contributed by atoms with Crippen molar-refractivity contribution in [3.63, 3.8) is 0 Å². The lowest BCUT2D eigenvalue weighted by atomic mass is 10.1. The summed E-state index contributed by atoms with van der Waals surface area (Å²) < 4.78 is 7.64. The number of aryl methyl sites for hydroxylation is 2. The number of nitrogens with zero attached hydrogens (tertiary/aromatic N) is 2. The molecule has 1 atom stereocenters. The van der Waals surface area contributed by atoms with Crippen LogP contribution < -0.4 is 5.32 Å². The summed E-state index contributed by atoms with van der Waals surface area (Å²) >= 11 is 0. The maximum absolute atomic E-state index is 5.50. The second-order valence-electron chi connectivity index (χ2n) is 5.14. The molecule has 0 aromatic carbocycles. The minimum Gasteiger partial charge on any atom is -0.382 e. The molecule has 1 rings (SSSR count). The van der Waals surface area contributed by atoms with Gasteiger partial charge in [0.25, 0.3) is 0 Å². The molecular formula is C16H31N3O. The van der Waals surface area contributed by atoms with Gasteiger partial charge in [-0.2, -0.15) is 5.10 Å². The summed E-state index contributed by atoms with van der Waals surface area (Å²) in [7, 11) is 0. The zero-order valence-electron chi connectivity index (χ0n) is 13.6. The van der Waals surface area contributed by atoms with E-state index >= 15 is 0 Å². The third-order valence-corrected chi connectivity index (χ3v) is 3.53. The van der Waals surface area contributed by atoms with Crippen molar-refractivity contribution in [2.24, 2.45) is 0 Å². The third-order valence-electron chi connectivity index (χ3n) is 3.53. The molecule has 0 radical (unpaired) electrons. The third kappa shape index (κ3) is 5.63. The van der Waals surface area contributed by atoms with Crippen LogP contribution in [0.25, 0.3) is 0 Å². The highest BCUT2D eigenvalue weighted by Gasteiger charge is 2.13. The highest BCUT2D eigenvalue weighted by Crippen LogP contribution is 2.10. The maximum Gasteiger partial charge on any atom is 0.0624 e. The smallest absolute Gasteiger partial charge is 0.0624 e. The van der Waals surface area contributed by atoms with Crippen LogP contribution in [0, 0.1) is 0 Å². The first-order chi connectivity index (χ1) is 9.74. The Labute approximate surface area is 123 Å². The molecule has 0 aliphatic rings. The van der Waals surface area contributed by atoms with Crippen molar-refractivity contribution in [1.29, 1.82) is 0 Å². The van der Waals surface area contributed by atoms with E-state index in [0.29, 0.717) is 6.04 Å². The van der Waals surface area contributed by atoms with Gasteiger partial charge in [0.15, 0.2) is 0 Å². The van der Waals surface area contributed by atoms with Crippen molar-refractivity contribution < 1.29 is 4.74 Å². The van der Waals surface area contributed by atoms with Crippen molar-refractivity contribution in [2.45, 2.75) is 66.0 Å². The van der Waals surface area contributed by atoms with Crippen LogP contribution in [0.1, 0.15) is 51.9 Å². The van der Waals surface area contributed by atoms with Crippen molar-refractivity contribution in [3.05, 3.63) is 17.5 Å². The second-order valence-corrected chi connectivity index (χ2v) is 5.14. The summed E-state index contributed by atoms with van der Waals surface area (Å²) in [6.45, 7) is 12.2. The minimum atomic E-state index is 0.480. The normalized spacial score (nSPS) is 12.8. The second kappa shape index (κ2) is 9.94. The predicted molar refractivity (Wildman–Crippen MR) is 84.2 cm³/mol. The van der Waals surface area contributed by atoms with Crippen LogP contribution in [-0.4, -0.2) is 35.6 Å². The molecule has 4 heteroatoms. The van der Waals surface area contributed by atoms with Gasteiger partial charge in [-0.3, -0.25) is 4.68 Å². The molecule has 0 saturated carbocycles. The average Bonchev–Trinajstić information content (AvgIpc) is 2.87. The quantitative estimate of drug-likeness (QED) is 0.634. The first kappa shape index (κ1) is 17.2. The molecule has 0 spiro atoms. The van der Waals surface area contributed by atoms with E-state index in [2.05, 4.69) is 41.9 Å². The lowest BCUT2D eigenvalue weighted by molar-refractivity contribution is 0.136. The van der Waals surface area contributed by atoms with Crippen molar-refractivity contribution >= 4 is 0 Å². The van der Waals surface area contributed by atoms with E-state index in [0.717, 1.165) is 45.6 Å². The van der Waals surface area contributed by atoms with Crippen LogP contribution in [0.15, 0.2) is 6.07 Å². The molecule has 0 aliphatic heterocycles. The molecule has 1 aromatic heterocycles. The monoisotopic (exact) mass is 281 g/mol. The molecule has 4 nitrogen and oxygen atoms in total. The van der Waals surface area contributed by atoms with E-state index in [1.807, 2.05) is 6.92 Å². The largest absolute Gasteiger partial charge is 0.382 e. The van der Waals surface area contributed by atoms with Gasteiger partial charge < -0.3 is 10.1 Å². The predicted octanol–water partition coefficient (Wildman–Crippen LogP) is 2.80. The van der Waals surface area contributed by atoms with Gasteiger partial charge >= 0.3 is 0 Å². The first-order valence-electron chi connectivity index (χ1n) is 8.11.